The Morgan fingerprint density at radius 3 is 2.56 bits per heavy atom. The molecular formula is C23H28N2O2. The van der Waals surface area contributed by atoms with E-state index in [1.54, 1.807) is 0 Å². The fourth-order valence-corrected chi connectivity index (χ4v) is 3.62. The Labute approximate surface area is 161 Å². The van der Waals surface area contributed by atoms with Crippen LogP contribution in [0.3, 0.4) is 0 Å². The predicted molar refractivity (Wildman–Crippen MR) is 109 cm³/mol. The summed E-state index contributed by atoms with van der Waals surface area (Å²) >= 11 is 0. The van der Waals surface area contributed by atoms with Gasteiger partial charge in [0.2, 0.25) is 0 Å². The van der Waals surface area contributed by atoms with Crippen LogP contribution in [0.25, 0.3) is 6.08 Å². The van der Waals surface area contributed by atoms with Gasteiger partial charge in [-0.05, 0) is 56.6 Å². The molecule has 1 fully saturated rings. The van der Waals surface area contributed by atoms with Gasteiger partial charge in [0, 0.05) is 11.6 Å². The lowest BCUT2D eigenvalue weighted by Gasteiger charge is -2.25. The molecule has 1 aliphatic rings. The molecule has 1 saturated heterocycles. The summed E-state index contributed by atoms with van der Waals surface area (Å²) in [4.78, 5) is 18.1. The number of aromatic nitrogens is 1. The molecule has 4 heteroatoms. The van der Waals surface area contributed by atoms with Crippen molar-refractivity contribution in [3.05, 3.63) is 71.1 Å². The van der Waals surface area contributed by atoms with Gasteiger partial charge in [-0.2, -0.15) is 0 Å². The van der Waals surface area contributed by atoms with Crippen molar-refractivity contribution in [2.75, 3.05) is 13.1 Å². The number of rotatable bonds is 7. The molecule has 1 aromatic carbocycles. The standard InChI is InChI=1S/C23H28N2O2/c1-17-8-10-19(11-9-17)22(25-14-3-4-15-25)13-12-20-6-5-7-21(24-20)18(2)16-23(26)27/h5-13,18,22H,3-4,14-16H2,1-2H3,(H,26,27)/b13-12+. The second-order valence-electron chi connectivity index (χ2n) is 7.44. The van der Waals surface area contributed by atoms with Gasteiger partial charge < -0.3 is 5.11 Å². The average Bonchev–Trinajstić information content (AvgIpc) is 3.17. The number of aliphatic carboxylic acids is 1. The van der Waals surface area contributed by atoms with E-state index in [4.69, 9.17) is 5.11 Å². The van der Waals surface area contributed by atoms with E-state index >= 15 is 0 Å². The molecule has 2 unspecified atom stereocenters. The summed E-state index contributed by atoms with van der Waals surface area (Å²) in [5.74, 6) is -0.888. The first-order chi connectivity index (χ1) is 13.0. The number of carboxylic acid groups (broad SMARTS) is 1. The van der Waals surface area contributed by atoms with E-state index in [9.17, 15) is 4.79 Å². The molecule has 27 heavy (non-hydrogen) atoms. The molecule has 2 atom stereocenters. The van der Waals surface area contributed by atoms with Crippen LogP contribution >= 0.6 is 0 Å². The summed E-state index contributed by atoms with van der Waals surface area (Å²) in [5, 5.41) is 9.01. The number of benzene rings is 1. The summed E-state index contributed by atoms with van der Waals surface area (Å²) in [6.45, 7) is 6.25. The Kier molecular flexibility index (Phi) is 6.40. The Hall–Kier alpha value is -2.46. The zero-order valence-corrected chi connectivity index (χ0v) is 16.1. The van der Waals surface area contributed by atoms with Crippen LogP contribution in [0, 0.1) is 6.92 Å². The average molecular weight is 364 g/mol. The van der Waals surface area contributed by atoms with Crippen LogP contribution in [0.5, 0.6) is 0 Å². The molecular weight excluding hydrogens is 336 g/mol. The number of carbonyl (C=O) groups is 1. The highest BCUT2D eigenvalue weighted by molar-refractivity contribution is 5.67. The third-order valence-corrected chi connectivity index (χ3v) is 5.18. The highest BCUT2D eigenvalue weighted by Gasteiger charge is 2.21. The van der Waals surface area contributed by atoms with Gasteiger partial charge in [0.05, 0.1) is 18.2 Å². The van der Waals surface area contributed by atoms with E-state index in [0.717, 1.165) is 24.5 Å². The maximum Gasteiger partial charge on any atom is 0.304 e. The van der Waals surface area contributed by atoms with Crippen molar-refractivity contribution >= 4 is 12.0 Å². The first kappa shape index (κ1) is 19.3. The first-order valence-electron chi connectivity index (χ1n) is 9.70. The SMILES string of the molecule is Cc1ccc(C(/C=C/c2cccc(C(C)CC(=O)O)n2)N2CCCC2)cc1. The lowest BCUT2D eigenvalue weighted by Crippen LogP contribution is -2.24. The van der Waals surface area contributed by atoms with Crippen LogP contribution in [-0.2, 0) is 4.79 Å². The van der Waals surface area contributed by atoms with Crippen molar-refractivity contribution < 1.29 is 9.90 Å². The largest absolute Gasteiger partial charge is 0.481 e. The van der Waals surface area contributed by atoms with Crippen molar-refractivity contribution in [1.82, 2.24) is 9.88 Å². The summed E-state index contributed by atoms with van der Waals surface area (Å²) in [6.07, 6.45) is 6.89. The smallest absolute Gasteiger partial charge is 0.304 e. The van der Waals surface area contributed by atoms with Gasteiger partial charge in [0.1, 0.15) is 0 Å². The number of pyridine rings is 1. The zero-order chi connectivity index (χ0) is 19.2. The molecule has 1 aromatic heterocycles. The third-order valence-electron chi connectivity index (χ3n) is 5.18. The third kappa shape index (κ3) is 5.27. The fourth-order valence-electron chi connectivity index (χ4n) is 3.62. The van der Waals surface area contributed by atoms with E-state index in [-0.39, 0.29) is 18.4 Å². The van der Waals surface area contributed by atoms with Crippen molar-refractivity contribution in [2.24, 2.45) is 0 Å². The maximum absolute atomic E-state index is 11.0. The maximum atomic E-state index is 11.0. The summed E-state index contributed by atoms with van der Waals surface area (Å²) < 4.78 is 0. The molecule has 3 rings (SSSR count). The van der Waals surface area contributed by atoms with Gasteiger partial charge >= 0.3 is 5.97 Å². The minimum absolute atomic E-state index is 0.0951. The number of aryl methyl sites for hydroxylation is 1. The van der Waals surface area contributed by atoms with Crippen LogP contribution < -0.4 is 0 Å². The molecule has 0 aliphatic carbocycles. The van der Waals surface area contributed by atoms with Crippen LogP contribution in [-0.4, -0.2) is 34.0 Å². The predicted octanol–water partition coefficient (Wildman–Crippen LogP) is 4.82. The number of carboxylic acids is 1. The Morgan fingerprint density at radius 1 is 1.19 bits per heavy atom. The highest BCUT2D eigenvalue weighted by atomic mass is 16.4. The van der Waals surface area contributed by atoms with Crippen LogP contribution in [0.15, 0.2) is 48.5 Å². The Bertz CT molecular complexity index is 792. The van der Waals surface area contributed by atoms with Gasteiger partial charge in [0.25, 0.3) is 0 Å². The Balaban J connectivity index is 1.82. The lowest BCUT2D eigenvalue weighted by atomic mass is 10.0. The molecule has 0 radical (unpaired) electrons. The monoisotopic (exact) mass is 364 g/mol. The summed E-state index contributed by atoms with van der Waals surface area (Å²) in [5.41, 5.74) is 4.27. The molecule has 0 saturated carbocycles. The molecule has 1 aliphatic heterocycles. The molecule has 1 N–H and O–H groups in total. The van der Waals surface area contributed by atoms with E-state index in [1.165, 1.54) is 24.0 Å². The molecule has 2 aromatic rings. The van der Waals surface area contributed by atoms with Gasteiger partial charge in [-0.15, -0.1) is 0 Å². The summed E-state index contributed by atoms with van der Waals surface area (Å²) in [7, 11) is 0. The number of nitrogens with zero attached hydrogens (tertiary/aromatic N) is 2. The van der Waals surface area contributed by atoms with E-state index < -0.39 is 5.97 Å². The number of hydrogen-bond donors (Lipinski definition) is 1. The van der Waals surface area contributed by atoms with Crippen LogP contribution in [0.4, 0.5) is 0 Å². The molecule has 0 bridgehead atoms. The minimum atomic E-state index is -0.793. The van der Waals surface area contributed by atoms with Gasteiger partial charge in [-0.25, -0.2) is 0 Å². The molecule has 0 amide bonds. The molecule has 142 valence electrons. The van der Waals surface area contributed by atoms with E-state index in [0.29, 0.717) is 0 Å². The Morgan fingerprint density at radius 2 is 1.89 bits per heavy atom. The van der Waals surface area contributed by atoms with Crippen molar-refractivity contribution in [3.63, 3.8) is 0 Å². The highest BCUT2D eigenvalue weighted by Crippen LogP contribution is 2.27. The van der Waals surface area contributed by atoms with Crippen LogP contribution in [0.2, 0.25) is 0 Å². The number of hydrogen-bond acceptors (Lipinski definition) is 3. The van der Waals surface area contributed by atoms with Crippen LogP contribution in [0.1, 0.15) is 60.7 Å². The quantitative estimate of drug-likeness (QED) is 0.765. The van der Waals surface area contributed by atoms with E-state index in [1.807, 2.05) is 25.1 Å². The minimum Gasteiger partial charge on any atom is -0.481 e. The zero-order valence-electron chi connectivity index (χ0n) is 16.1. The van der Waals surface area contributed by atoms with Gasteiger partial charge in [-0.1, -0.05) is 48.9 Å². The molecule has 0 spiro atoms. The van der Waals surface area contributed by atoms with E-state index in [2.05, 4.69) is 53.2 Å². The van der Waals surface area contributed by atoms with Crippen molar-refractivity contribution in [3.8, 4) is 0 Å². The molecule has 4 nitrogen and oxygen atoms in total. The normalized spacial score (nSPS) is 17.3. The first-order valence-corrected chi connectivity index (χ1v) is 9.70. The second kappa shape index (κ2) is 8.96. The van der Waals surface area contributed by atoms with Gasteiger partial charge in [0.15, 0.2) is 0 Å². The molecule has 2 heterocycles. The van der Waals surface area contributed by atoms with Crippen molar-refractivity contribution in [2.45, 2.75) is 45.1 Å². The lowest BCUT2D eigenvalue weighted by molar-refractivity contribution is -0.137. The van der Waals surface area contributed by atoms with Crippen molar-refractivity contribution in [1.29, 1.82) is 0 Å². The van der Waals surface area contributed by atoms with Gasteiger partial charge in [-0.3, -0.25) is 14.7 Å². The fraction of sp³-hybridized carbons (Fsp3) is 0.391. The summed E-state index contributed by atoms with van der Waals surface area (Å²) in [6, 6.07) is 14.8. The number of likely N-dealkylation sites (tertiary alicyclic amines) is 1. The topological polar surface area (TPSA) is 53.4 Å². The second-order valence-corrected chi connectivity index (χ2v) is 7.44.